The zero-order valence-electron chi connectivity index (χ0n) is 12.6. The van der Waals surface area contributed by atoms with Crippen molar-refractivity contribution in [1.29, 1.82) is 0 Å². The Morgan fingerprint density at radius 3 is 2.81 bits per heavy atom. The maximum Gasteiger partial charge on any atom is 0.242 e. The molecule has 1 saturated heterocycles. The number of rotatable bonds is 6. The minimum absolute atomic E-state index is 0.204. The first kappa shape index (κ1) is 16.1. The number of likely N-dealkylation sites (tertiary alicyclic amines) is 1. The van der Waals surface area contributed by atoms with Gasteiger partial charge in [-0.05, 0) is 50.7 Å². The lowest BCUT2D eigenvalue weighted by Crippen LogP contribution is -2.24. The number of nitrogen functional groups attached to an aromatic ring is 1. The second-order valence-electron chi connectivity index (χ2n) is 5.39. The standard InChI is InChI=1S/C14H24N4O2S/c1-3-18-7-6-11(10-18)9-17-13-5-4-12(15)8-14(13)21(19,20)16-2/h4-5,8,11,16-17H,3,6-7,9-10,15H2,1-2H3. The molecule has 0 radical (unpaired) electrons. The summed E-state index contributed by atoms with van der Waals surface area (Å²) in [5.74, 6) is 0.549. The molecule has 1 aromatic carbocycles. The van der Waals surface area contributed by atoms with Crippen LogP contribution in [0.3, 0.4) is 0 Å². The lowest BCUT2D eigenvalue weighted by molar-refractivity contribution is 0.345. The van der Waals surface area contributed by atoms with Crippen molar-refractivity contribution in [1.82, 2.24) is 9.62 Å². The van der Waals surface area contributed by atoms with Gasteiger partial charge in [0, 0.05) is 18.8 Å². The Morgan fingerprint density at radius 1 is 1.43 bits per heavy atom. The van der Waals surface area contributed by atoms with Crippen molar-refractivity contribution in [2.24, 2.45) is 5.92 Å². The van der Waals surface area contributed by atoms with Gasteiger partial charge in [-0.15, -0.1) is 0 Å². The van der Waals surface area contributed by atoms with E-state index < -0.39 is 10.0 Å². The molecule has 4 N–H and O–H groups in total. The smallest absolute Gasteiger partial charge is 0.242 e. The van der Waals surface area contributed by atoms with Crippen molar-refractivity contribution in [3.05, 3.63) is 18.2 Å². The molecule has 1 aliphatic heterocycles. The van der Waals surface area contributed by atoms with E-state index in [0.29, 0.717) is 17.3 Å². The summed E-state index contributed by atoms with van der Waals surface area (Å²) >= 11 is 0. The fourth-order valence-electron chi connectivity index (χ4n) is 2.64. The Labute approximate surface area is 126 Å². The Morgan fingerprint density at radius 2 is 2.19 bits per heavy atom. The van der Waals surface area contributed by atoms with Crippen LogP contribution < -0.4 is 15.8 Å². The van der Waals surface area contributed by atoms with Gasteiger partial charge in [0.25, 0.3) is 0 Å². The first-order chi connectivity index (χ1) is 9.96. The summed E-state index contributed by atoms with van der Waals surface area (Å²) in [5.41, 5.74) is 6.75. The Balaban J connectivity index is 2.10. The molecule has 1 aromatic rings. The van der Waals surface area contributed by atoms with Gasteiger partial charge in [-0.2, -0.15) is 0 Å². The van der Waals surface area contributed by atoms with E-state index in [1.165, 1.54) is 13.1 Å². The van der Waals surface area contributed by atoms with E-state index in [-0.39, 0.29) is 4.90 Å². The molecule has 0 aromatic heterocycles. The highest BCUT2D eigenvalue weighted by Gasteiger charge is 2.22. The molecule has 1 heterocycles. The molecular weight excluding hydrogens is 288 g/mol. The summed E-state index contributed by atoms with van der Waals surface area (Å²) < 4.78 is 26.4. The van der Waals surface area contributed by atoms with Gasteiger partial charge in [0.05, 0.1) is 5.69 Å². The molecule has 6 nitrogen and oxygen atoms in total. The zero-order chi connectivity index (χ0) is 15.5. The first-order valence-corrected chi connectivity index (χ1v) is 8.74. The normalized spacial score (nSPS) is 19.8. The number of hydrogen-bond donors (Lipinski definition) is 3. The molecular formula is C14H24N4O2S. The first-order valence-electron chi connectivity index (χ1n) is 7.25. The van der Waals surface area contributed by atoms with Crippen LogP contribution >= 0.6 is 0 Å². The Bertz CT molecular complexity index is 589. The minimum Gasteiger partial charge on any atom is -0.399 e. The SMILES string of the molecule is CCN1CCC(CNc2ccc(N)cc2S(=O)(=O)NC)C1. The highest BCUT2D eigenvalue weighted by Crippen LogP contribution is 2.25. The van der Waals surface area contributed by atoms with Crippen LogP contribution in [0.25, 0.3) is 0 Å². The molecule has 1 atom stereocenters. The number of nitrogens with two attached hydrogens (primary N) is 1. The molecule has 7 heteroatoms. The van der Waals surface area contributed by atoms with E-state index in [2.05, 4.69) is 21.9 Å². The zero-order valence-corrected chi connectivity index (χ0v) is 13.4. The summed E-state index contributed by atoms with van der Waals surface area (Å²) in [6.07, 6.45) is 1.14. The number of sulfonamides is 1. The lowest BCUT2D eigenvalue weighted by Gasteiger charge is -2.16. The third-order valence-electron chi connectivity index (χ3n) is 3.96. The molecule has 1 unspecified atom stereocenters. The van der Waals surface area contributed by atoms with Crippen LogP contribution in [-0.4, -0.2) is 46.5 Å². The number of nitrogens with zero attached hydrogens (tertiary/aromatic N) is 1. The summed E-state index contributed by atoms with van der Waals surface area (Å²) in [6, 6.07) is 4.93. The van der Waals surface area contributed by atoms with Crippen molar-refractivity contribution >= 4 is 21.4 Å². The second kappa shape index (κ2) is 6.64. The third kappa shape index (κ3) is 3.87. The molecule has 0 aliphatic carbocycles. The van der Waals surface area contributed by atoms with E-state index in [9.17, 15) is 8.42 Å². The average molecular weight is 312 g/mol. The van der Waals surface area contributed by atoms with E-state index in [0.717, 1.165) is 32.6 Å². The minimum atomic E-state index is -3.52. The fourth-order valence-corrected chi connectivity index (χ4v) is 3.58. The lowest BCUT2D eigenvalue weighted by atomic mass is 10.1. The number of benzene rings is 1. The summed E-state index contributed by atoms with van der Waals surface area (Å²) in [5, 5.41) is 3.27. The van der Waals surface area contributed by atoms with Gasteiger partial charge in [0.2, 0.25) is 10.0 Å². The molecule has 0 saturated carbocycles. The van der Waals surface area contributed by atoms with Crippen molar-refractivity contribution in [2.45, 2.75) is 18.2 Å². The summed E-state index contributed by atoms with van der Waals surface area (Å²) in [6.45, 7) is 6.18. The average Bonchev–Trinajstić information content (AvgIpc) is 2.94. The van der Waals surface area contributed by atoms with Gasteiger partial charge in [0.15, 0.2) is 0 Å². The highest BCUT2D eigenvalue weighted by molar-refractivity contribution is 7.89. The molecule has 1 aliphatic rings. The molecule has 21 heavy (non-hydrogen) atoms. The van der Waals surface area contributed by atoms with Crippen LogP contribution in [0.4, 0.5) is 11.4 Å². The molecule has 0 spiro atoms. The molecule has 0 bridgehead atoms. The number of anilines is 2. The fraction of sp³-hybridized carbons (Fsp3) is 0.571. The van der Waals surface area contributed by atoms with Crippen LogP contribution in [0.5, 0.6) is 0 Å². The number of hydrogen-bond acceptors (Lipinski definition) is 5. The Hall–Kier alpha value is -1.31. The monoisotopic (exact) mass is 312 g/mol. The quantitative estimate of drug-likeness (QED) is 0.680. The largest absolute Gasteiger partial charge is 0.399 e. The van der Waals surface area contributed by atoms with Crippen LogP contribution in [-0.2, 0) is 10.0 Å². The van der Waals surface area contributed by atoms with Gasteiger partial charge in [-0.25, -0.2) is 13.1 Å². The van der Waals surface area contributed by atoms with Crippen LogP contribution in [0.2, 0.25) is 0 Å². The third-order valence-corrected chi connectivity index (χ3v) is 5.42. The molecule has 2 rings (SSSR count). The Kier molecular flexibility index (Phi) is 5.08. The predicted octanol–water partition coefficient (Wildman–Crippen LogP) is 0.931. The van der Waals surface area contributed by atoms with E-state index in [1.54, 1.807) is 12.1 Å². The maximum absolute atomic E-state index is 12.1. The van der Waals surface area contributed by atoms with Crippen molar-refractivity contribution in [2.75, 3.05) is 44.3 Å². The van der Waals surface area contributed by atoms with E-state index in [4.69, 9.17) is 5.73 Å². The van der Waals surface area contributed by atoms with Gasteiger partial charge < -0.3 is 16.0 Å². The van der Waals surface area contributed by atoms with Gasteiger partial charge in [-0.3, -0.25) is 0 Å². The second-order valence-corrected chi connectivity index (χ2v) is 7.25. The predicted molar refractivity (Wildman–Crippen MR) is 85.8 cm³/mol. The van der Waals surface area contributed by atoms with Crippen molar-refractivity contribution in [3.63, 3.8) is 0 Å². The highest BCUT2D eigenvalue weighted by atomic mass is 32.2. The number of nitrogens with one attached hydrogen (secondary N) is 2. The van der Waals surface area contributed by atoms with Crippen LogP contribution in [0, 0.1) is 5.92 Å². The van der Waals surface area contributed by atoms with Crippen molar-refractivity contribution < 1.29 is 8.42 Å². The van der Waals surface area contributed by atoms with Gasteiger partial charge >= 0.3 is 0 Å². The van der Waals surface area contributed by atoms with Crippen LogP contribution in [0.1, 0.15) is 13.3 Å². The van der Waals surface area contributed by atoms with Crippen LogP contribution in [0.15, 0.2) is 23.1 Å². The summed E-state index contributed by atoms with van der Waals surface area (Å²) in [4.78, 5) is 2.61. The topological polar surface area (TPSA) is 87.5 Å². The van der Waals surface area contributed by atoms with Gasteiger partial charge in [0.1, 0.15) is 4.90 Å². The molecule has 1 fully saturated rings. The van der Waals surface area contributed by atoms with E-state index >= 15 is 0 Å². The molecule has 118 valence electrons. The molecule has 0 amide bonds. The van der Waals surface area contributed by atoms with Gasteiger partial charge in [-0.1, -0.05) is 6.92 Å². The van der Waals surface area contributed by atoms with Crippen molar-refractivity contribution in [3.8, 4) is 0 Å². The van der Waals surface area contributed by atoms with E-state index in [1.807, 2.05) is 0 Å². The summed E-state index contributed by atoms with van der Waals surface area (Å²) in [7, 11) is -2.11. The maximum atomic E-state index is 12.1.